The number of fused-ring (bicyclic) bond motifs is 2. The van der Waals surface area contributed by atoms with Crippen LogP contribution >= 0.6 is 0 Å². The molecule has 0 amide bonds. The molecule has 4 aromatic heterocycles. The Morgan fingerprint density at radius 1 is 0.548 bits per heavy atom. The second-order valence-electron chi connectivity index (χ2n) is 7.52. The molecule has 0 saturated carbocycles. The van der Waals surface area contributed by atoms with Crippen molar-refractivity contribution in [1.29, 1.82) is 0 Å². The van der Waals surface area contributed by atoms with Gasteiger partial charge in [0.05, 0.1) is 22.1 Å². The van der Waals surface area contributed by atoms with Gasteiger partial charge in [0.15, 0.2) is 0 Å². The smallest absolute Gasteiger partial charge is 0.138 e. The fraction of sp³-hybridized carbons (Fsp3) is 0.0400. The van der Waals surface area contributed by atoms with Crippen LogP contribution in [0.1, 0.15) is 11.1 Å². The molecule has 2 N–H and O–H groups in total. The minimum atomic E-state index is 0.832. The van der Waals surface area contributed by atoms with Crippen molar-refractivity contribution in [3.8, 4) is 22.8 Å². The van der Waals surface area contributed by atoms with Crippen LogP contribution in [-0.2, 0) is 6.42 Å². The molecule has 148 valence electrons. The Balaban J connectivity index is 1.30. The summed E-state index contributed by atoms with van der Waals surface area (Å²) in [6.07, 6.45) is 7.94. The van der Waals surface area contributed by atoms with E-state index >= 15 is 0 Å². The quantitative estimate of drug-likeness (QED) is 0.427. The molecular formula is C25H18N6. The molecule has 0 unspecified atom stereocenters. The molecule has 4 heterocycles. The predicted octanol–water partition coefficient (Wildman–Crippen LogP) is 5.15. The molecule has 0 aliphatic rings. The highest BCUT2D eigenvalue weighted by atomic mass is 14.9. The maximum absolute atomic E-state index is 4.70. The summed E-state index contributed by atoms with van der Waals surface area (Å²) in [5.74, 6) is 1.72. The van der Waals surface area contributed by atoms with Crippen LogP contribution in [0.5, 0.6) is 0 Å². The summed E-state index contributed by atoms with van der Waals surface area (Å²) >= 11 is 0. The summed E-state index contributed by atoms with van der Waals surface area (Å²) in [6, 6.07) is 20.6. The highest BCUT2D eigenvalue weighted by Gasteiger charge is 2.09. The molecule has 0 spiro atoms. The van der Waals surface area contributed by atoms with Crippen molar-refractivity contribution in [2.24, 2.45) is 0 Å². The average Bonchev–Trinajstić information content (AvgIpc) is 3.44. The van der Waals surface area contributed by atoms with Gasteiger partial charge in [-0.3, -0.25) is 9.97 Å². The Hall–Kier alpha value is -4.32. The van der Waals surface area contributed by atoms with Gasteiger partial charge in [0.25, 0.3) is 0 Å². The number of benzene rings is 2. The van der Waals surface area contributed by atoms with E-state index in [1.165, 1.54) is 11.1 Å². The first-order chi connectivity index (χ1) is 15.3. The van der Waals surface area contributed by atoms with E-state index in [4.69, 9.17) is 9.97 Å². The van der Waals surface area contributed by atoms with Gasteiger partial charge >= 0.3 is 0 Å². The van der Waals surface area contributed by atoms with Gasteiger partial charge in [-0.1, -0.05) is 12.1 Å². The van der Waals surface area contributed by atoms with Gasteiger partial charge < -0.3 is 9.97 Å². The molecule has 0 aliphatic heterocycles. The number of rotatable bonds is 4. The molecule has 0 aliphatic carbocycles. The van der Waals surface area contributed by atoms with E-state index in [0.29, 0.717) is 0 Å². The molecular weight excluding hydrogens is 384 g/mol. The van der Waals surface area contributed by atoms with Crippen LogP contribution in [0, 0.1) is 0 Å². The van der Waals surface area contributed by atoms with Crippen LogP contribution in [0.4, 0.5) is 0 Å². The normalized spacial score (nSPS) is 11.4. The SMILES string of the molecule is c1cc(-c2nc3ccc(Cc4ccc5nc(-c6ccncc6)[nH]c5c4)cc3[nH]2)ccn1. The first kappa shape index (κ1) is 17.5. The standard InChI is InChI=1S/C25H18N6/c1-3-20-22(30-24(28-20)18-5-9-26-10-6-18)14-16(1)13-17-2-4-21-23(15-17)31-25(29-21)19-7-11-27-12-8-19/h1-12,14-15H,13H2,(H,28,30)(H,29,31). The molecule has 2 aromatic carbocycles. The van der Waals surface area contributed by atoms with Gasteiger partial charge in [-0.2, -0.15) is 0 Å². The highest BCUT2D eigenvalue weighted by molar-refractivity contribution is 5.81. The van der Waals surface area contributed by atoms with Gasteiger partial charge in [-0.15, -0.1) is 0 Å². The molecule has 0 radical (unpaired) electrons. The number of H-pyrrole nitrogens is 2. The molecule has 0 atom stereocenters. The third-order valence-corrected chi connectivity index (χ3v) is 5.41. The van der Waals surface area contributed by atoms with E-state index in [2.05, 4.69) is 56.3 Å². The zero-order chi connectivity index (χ0) is 20.6. The van der Waals surface area contributed by atoms with E-state index in [1.807, 2.05) is 24.3 Å². The van der Waals surface area contributed by atoms with Crippen LogP contribution in [-0.4, -0.2) is 29.9 Å². The third-order valence-electron chi connectivity index (χ3n) is 5.41. The molecule has 6 rings (SSSR count). The van der Waals surface area contributed by atoms with Gasteiger partial charge in [0.1, 0.15) is 11.6 Å². The monoisotopic (exact) mass is 402 g/mol. The van der Waals surface area contributed by atoms with Crippen molar-refractivity contribution < 1.29 is 0 Å². The Morgan fingerprint density at radius 3 is 1.45 bits per heavy atom. The van der Waals surface area contributed by atoms with Crippen LogP contribution in [0.2, 0.25) is 0 Å². The fourth-order valence-corrected chi connectivity index (χ4v) is 3.86. The predicted molar refractivity (Wildman–Crippen MR) is 121 cm³/mol. The van der Waals surface area contributed by atoms with Crippen molar-refractivity contribution in [2.45, 2.75) is 6.42 Å². The molecule has 0 fully saturated rings. The number of hydrogen-bond donors (Lipinski definition) is 2. The maximum Gasteiger partial charge on any atom is 0.138 e. The van der Waals surface area contributed by atoms with Crippen molar-refractivity contribution in [1.82, 2.24) is 29.9 Å². The van der Waals surface area contributed by atoms with E-state index in [0.717, 1.165) is 51.3 Å². The van der Waals surface area contributed by atoms with Crippen LogP contribution in [0.3, 0.4) is 0 Å². The Bertz CT molecular complexity index is 1380. The summed E-state index contributed by atoms with van der Waals surface area (Å²) < 4.78 is 0. The summed E-state index contributed by atoms with van der Waals surface area (Å²) in [4.78, 5) is 24.4. The number of nitrogens with one attached hydrogen (secondary N) is 2. The second-order valence-corrected chi connectivity index (χ2v) is 7.52. The zero-order valence-electron chi connectivity index (χ0n) is 16.6. The lowest BCUT2D eigenvalue weighted by Gasteiger charge is -2.02. The average molecular weight is 402 g/mol. The maximum atomic E-state index is 4.70. The molecule has 6 nitrogen and oxygen atoms in total. The van der Waals surface area contributed by atoms with Gasteiger partial charge in [0.2, 0.25) is 0 Å². The summed E-state index contributed by atoms with van der Waals surface area (Å²) in [5.41, 5.74) is 8.50. The Kier molecular flexibility index (Phi) is 4.06. The molecule has 0 bridgehead atoms. The number of aromatic nitrogens is 6. The van der Waals surface area contributed by atoms with E-state index in [-0.39, 0.29) is 0 Å². The molecule has 6 aromatic rings. The van der Waals surface area contributed by atoms with Crippen LogP contribution in [0.15, 0.2) is 85.5 Å². The number of pyridine rings is 2. The zero-order valence-corrected chi connectivity index (χ0v) is 16.6. The van der Waals surface area contributed by atoms with Crippen molar-refractivity contribution in [3.63, 3.8) is 0 Å². The highest BCUT2D eigenvalue weighted by Crippen LogP contribution is 2.24. The molecule has 31 heavy (non-hydrogen) atoms. The number of hydrogen-bond acceptors (Lipinski definition) is 4. The first-order valence-electron chi connectivity index (χ1n) is 10.1. The van der Waals surface area contributed by atoms with Crippen LogP contribution < -0.4 is 0 Å². The van der Waals surface area contributed by atoms with E-state index in [9.17, 15) is 0 Å². The van der Waals surface area contributed by atoms with Gasteiger partial charge in [-0.05, 0) is 66.1 Å². The van der Waals surface area contributed by atoms with Gasteiger partial charge in [-0.25, -0.2) is 9.97 Å². The first-order valence-corrected chi connectivity index (χ1v) is 10.1. The lowest BCUT2D eigenvalue weighted by Crippen LogP contribution is -1.88. The lowest BCUT2D eigenvalue weighted by atomic mass is 10.0. The largest absolute Gasteiger partial charge is 0.338 e. The van der Waals surface area contributed by atoms with E-state index < -0.39 is 0 Å². The third kappa shape index (κ3) is 3.34. The number of aromatic amines is 2. The van der Waals surface area contributed by atoms with Crippen molar-refractivity contribution in [3.05, 3.63) is 96.6 Å². The Labute approximate surface area is 178 Å². The molecule has 0 saturated heterocycles. The Morgan fingerprint density at radius 2 is 1.00 bits per heavy atom. The topological polar surface area (TPSA) is 83.1 Å². The fourth-order valence-electron chi connectivity index (χ4n) is 3.86. The van der Waals surface area contributed by atoms with Crippen molar-refractivity contribution in [2.75, 3.05) is 0 Å². The van der Waals surface area contributed by atoms with Gasteiger partial charge in [0, 0.05) is 35.9 Å². The number of imidazole rings is 2. The summed E-state index contributed by atoms with van der Waals surface area (Å²) in [6.45, 7) is 0. The second kappa shape index (κ2) is 7.18. The summed E-state index contributed by atoms with van der Waals surface area (Å²) in [5, 5.41) is 0. The summed E-state index contributed by atoms with van der Waals surface area (Å²) in [7, 11) is 0. The minimum absolute atomic E-state index is 0.832. The van der Waals surface area contributed by atoms with Crippen molar-refractivity contribution >= 4 is 22.1 Å². The van der Waals surface area contributed by atoms with Crippen LogP contribution in [0.25, 0.3) is 44.8 Å². The van der Waals surface area contributed by atoms with E-state index in [1.54, 1.807) is 24.8 Å². The minimum Gasteiger partial charge on any atom is -0.338 e. The number of nitrogens with zero attached hydrogens (tertiary/aromatic N) is 4. The molecule has 6 heteroatoms. The lowest BCUT2D eigenvalue weighted by molar-refractivity contribution is 1.20.